The van der Waals surface area contributed by atoms with E-state index in [1.807, 2.05) is 12.1 Å². The van der Waals surface area contributed by atoms with Gasteiger partial charge in [0.25, 0.3) is 5.91 Å². The molecule has 2 bridgehead atoms. The lowest BCUT2D eigenvalue weighted by Gasteiger charge is -2.29. The number of hydrogen-bond acceptors (Lipinski definition) is 5. The molecule has 1 saturated heterocycles. The summed E-state index contributed by atoms with van der Waals surface area (Å²) in [4.78, 5) is 39.4. The zero-order valence-corrected chi connectivity index (χ0v) is 18.5. The van der Waals surface area contributed by atoms with Gasteiger partial charge in [0.1, 0.15) is 5.75 Å². The molecule has 6 unspecified atom stereocenters. The minimum atomic E-state index is -0.885. The molecule has 1 aromatic carbocycles. The molecule has 1 N–H and O–H groups in total. The van der Waals surface area contributed by atoms with Gasteiger partial charge in [-0.3, -0.25) is 14.4 Å². The Hall–Kier alpha value is -2.57. The number of para-hydroxylation sites is 2. The Kier molecular flexibility index (Phi) is 6.21. The number of carbonyl (C=O) groups is 3. The maximum Gasteiger partial charge on any atom is 0.312 e. The molecule has 31 heavy (non-hydrogen) atoms. The van der Waals surface area contributed by atoms with E-state index in [4.69, 9.17) is 9.47 Å². The molecule has 0 aromatic heterocycles. The lowest BCUT2D eigenvalue weighted by atomic mass is 9.84. The Balaban J connectivity index is 1.30. The van der Waals surface area contributed by atoms with Crippen LogP contribution in [0.2, 0.25) is 0 Å². The number of benzene rings is 1. The molecule has 0 radical (unpaired) electrons. The second-order valence-corrected chi connectivity index (χ2v) is 9.29. The first kappa shape index (κ1) is 21.7. The number of amides is 2. The number of rotatable bonds is 7. The fourth-order valence-corrected chi connectivity index (χ4v) is 5.63. The zero-order chi connectivity index (χ0) is 22.1. The summed E-state index contributed by atoms with van der Waals surface area (Å²) in [6, 6.07) is 7.29. The summed E-state index contributed by atoms with van der Waals surface area (Å²) in [6.45, 7) is 3.86. The molecule has 7 nitrogen and oxygen atoms in total. The fraction of sp³-hybridized carbons (Fsp3) is 0.625. The van der Waals surface area contributed by atoms with Crippen molar-refractivity contribution in [2.24, 2.45) is 23.7 Å². The maximum atomic E-state index is 12.7. The van der Waals surface area contributed by atoms with Crippen molar-refractivity contribution in [1.29, 1.82) is 0 Å². The van der Waals surface area contributed by atoms with Crippen molar-refractivity contribution in [3.8, 4) is 5.75 Å². The first-order valence-electron chi connectivity index (χ1n) is 11.3. The van der Waals surface area contributed by atoms with Gasteiger partial charge >= 0.3 is 5.97 Å². The van der Waals surface area contributed by atoms with Crippen LogP contribution in [0.25, 0.3) is 0 Å². The van der Waals surface area contributed by atoms with Crippen molar-refractivity contribution >= 4 is 23.5 Å². The molecule has 0 spiro atoms. The van der Waals surface area contributed by atoms with Crippen molar-refractivity contribution in [2.45, 2.75) is 58.1 Å². The molecule has 2 aliphatic carbocycles. The van der Waals surface area contributed by atoms with Crippen LogP contribution in [0.5, 0.6) is 5.75 Å². The summed E-state index contributed by atoms with van der Waals surface area (Å²) in [5, 5.41) is 3.05. The second kappa shape index (κ2) is 8.89. The van der Waals surface area contributed by atoms with Crippen LogP contribution >= 0.6 is 0 Å². The minimum absolute atomic E-state index is 0.0623. The summed E-state index contributed by atoms with van der Waals surface area (Å²) in [6.07, 6.45) is 4.23. The molecule has 4 rings (SSSR count). The lowest BCUT2D eigenvalue weighted by Crippen LogP contribution is -2.45. The zero-order valence-electron chi connectivity index (χ0n) is 18.5. The molecule has 1 aliphatic heterocycles. The molecule has 2 saturated carbocycles. The summed E-state index contributed by atoms with van der Waals surface area (Å²) >= 11 is 0. The van der Waals surface area contributed by atoms with Crippen LogP contribution < -0.4 is 15.0 Å². The number of anilines is 1. The number of fused-ring (bicyclic) bond motifs is 2. The third-order valence-electron chi connectivity index (χ3n) is 7.30. The summed E-state index contributed by atoms with van der Waals surface area (Å²) in [5.74, 6) is 1.08. The van der Waals surface area contributed by atoms with E-state index in [9.17, 15) is 14.4 Å². The number of carbonyl (C=O) groups excluding carboxylic acids is 3. The number of methoxy groups -OCH3 is 1. The van der Waals surface area contributed by atoms with Gasteiger partial charge in [0.05, 0.1) is 18.7 Å². The number of ether oxygens (including phenoxy) is 2. The topological polar surface area (TPSA) is 84.9 Å². The predicted molar refractivity (Wildman–Crippen MR) is 116 cm³/mol. The van der Waals surface area contributed by atoms with Gasteiger partial charge in [-0.2, -0.15) is 0 Å². The Morgan fingerprint density at radius 2 is 1.94 bits per heavy atom. The SMILES string of the molecule is COc1ccccc1N1CC(C(=O)OC(C)C(=O)NC(C)C2CC3CCC2C3)CC1=O. The summed E-state index contributed by atoms with van der Waals surface area (Å²) in [7, 11) is 1.54. The molecule has 1 aromatic rings. The molecular formula is C24H32N2O5. The monoisotopic (exact) mass is 428 g/mol. The Morgan fingerprint density at radius 3 is 2.61 bits per heavy atom. The van der Waals surface area contributed by atoms with Crippen molar-refractivity contribution in [2.75, 3.05) is 18.6 Å². The van der Waals surface area contributed by atoms with Crippen LogP contribution in [-0.2, 0) is 19.1 Å². The Morgan fingerprint density at radius 1 is 1.16 bits per heavy atom. The van der Waals surface area contributed by atoms with Crippen LogP contribution in [0, 0.1) is 23.7 Å². The number of nitrogens with one attached hydrogen (secondary N) is 1. The predicted octanol–water partition coefficient (Wildman–Crippen LogP) is 2.92. The largest absolute Gasteiger partial charge is 0.495 e. The number of hydrogen-bond donors (Lipinski definition) is 1. The highest BCUT2D eigenvalue weighted by atomic mass is 16.5. The van der Waals surface area contributed by atoms with Crippen LogP contribution in [0.3, 0.4) is 0 Å². The van der Waals surface area contributed by atoms with Crippen molar-refractivity contribution in [3.05, 3.63) is 24.3 Å². The van der Waals surface area contributed by atoms with Gasteiger partial charge in [-0.05, 0) is 63.0 Å². The van der Waals surface area contributed by atoms with Gasteiger partial charge in [-0.1, -0.05) is 18.6 Å². The van der Waals surface area contributed by atoms with Crippen LogP contribution in [0.1, 0.15) is 46.0 Å². The third-order valence-corrected chi connectivity index (χ3v) is 7.30. The minimum Gasteiger partial charge on any atom is -0.495 e. The summed E-state index contributed by atoms with van der Waals surface area (Å²) in [5.41, 5.74) is 0.635. The normalized spacial score (nSPS) is 29.0. The van der Waals surface area contributed by atoms with Crippen LogP contribution in [0.4, 0.5) is 5.69 Å². The molecule has 2 amide bonds. The van der Waals surface area contributed by atoms with Crippen LogP contribution in [-0.4, -0.2) is 43.6 Å². The van der Waals surface area contributed by atoms with E-state index in [1.165, 1.54) is 25.7 Å². The lowest BCUT2D eigenvalue weighted by molar-refractivity contribution is -0.158. The van der Waals surface area contributed by atoms with Crippen molar-refractivity contribution in [3.63, 3.8) is 0 Å². The molecule has 3 aliphatic rings. The molecule has 3 fully saturated rings. The van der Waals surface area contributed by atoms with E-state index in [0.29, 0.717) is 23.3 Å². The van der Waals surface area contributed by atoms with E-state index in [0.717, 1.165) is 5.92 Å². The molecular weight excluding hydrogens is 396 g/mol. The van der Waals surface area contributed by atoms with E-state index < -0.39 is 18.0 Å². The van der Waals surface area contributed by atoms with Gasteiger partial charge in [0, 0.05) is 19.0 Å². The van der Waals surface area contributed by atoms with Gasteiger partial charge in [-0.15, -0.1) is 0 Å². The van der Waals surface area contributed by atoms with Gasteiger partial charge in [0.2, 0.25) is 5.91 Å². The molecule has 1 heterocycles. The van der Waals surface area contributed by atoms with Crippen LogP contribution in [0.15, 0.2) is 24.3 Å². The standard InChI is InChI=1S/C24H32N2O5/c1-14(19-11-16-8-9-17(19)10-16)25-23(28)15(2)31-24(29)18-12-22(27)26(13-18)20-6-4-5-7-21(20)30-3/h4-7,14-19H,8-13H2,1-3H3,(H,25,28). The van der Waals surface area contributed by atoms with E-state index in [-0.39, 0.29) is 30.8 Å². The fourth-order valence-electron chi connectivity index (χ4n) is 5.63. The highest BCUT2D eigenvalue weighted by Crippen LogP contribution is 2.49. The smallest absolute Gasteiger partial charge is 0.312 e. The molecule has 168 valence electrons. The Labute approximate surface area is 183 Å². The Bertz CT molecular complexity index is 856. The first-order valence-corrected chi connectivity index (χ1v) is 11.3. The van der Waals surface area contributed by atoms with Gasteiger partial charge in [-0.25, -0.2) is 0 Å². The third kappa shape index (κ3) is 4.41. The van der Waals surface area contributed by atoms with E-state index in [1.54, 1.807) is 31.1 Å². The second-order valence-electron chi connectivity index (χ2n) is 9.29. The number of esters is 1. The van der Waals surface area contributed by atoms with Crippen molar-refractivity contribution in [1.82, 2.24) is 5.32 Å². The van der Waals surface area contributed by atoms with E-state index >= 15 is 0 Å². The van der Waals surface area contributed by atoms with Gasteiger partial charge in [0.15, 0.2) is 6.10 Å². The van der Waals surface area contributed by atoms with E-state index in [2.05, 4.69) is 12.2 Å². The molecule has 6 atom stereocenters. The summed E-state index contributed by atoms with van der Waals surface area (Å²) < 4.78 is 10.8. The first-order chi connectivity index (χ1) is 14.9. The maximum absolute atomic E-state index is 12.7. The number of nitrogens with zero attached hydrogens (tertiary/aromatic N) is 1. The van der Waals surface area contributed by atoms with Crippen molar-refractivity contribution < 1.29 is 23.9 Å². The van der Waals surface area contributed by atoms with Gasteiger partial charge < -0.3 is 19.7 Å². The highest BCUT2D eigenvalue weighted by Gasteiger charge is 2.43. The quantitative estimate of drug-likeness (QED) is 0.675. The highest BCUT2D eigenvalue weighted by molar-refractivity contribution is 6.00. The average Bonchev–Trinajstić information content (AvgIpc) is 3.49. The molecule has 7 heteroatoms. The average molecular weight is 429 g/mol.